The molecule has 0 N–H and O–H groups in total. The first kappa shape index (κ1) is 26.6. The topological polar surface area (TPSA) is 12.9 Å². The summed E-state index contributed by atoms with van der Waals surface area (Å²) in [4.78, 5) is 5.11. The van der Waals surface area contributed by atoms with E-state index in [1.165, 1.54) is 44.2 Å². The predicted molar refractivity (Wildman–Crippen MR) is 182 cm³/mol. The Kier molecular flexibility index (Phi) is 6.93. The highest BCUT2D eigenvalue weighted by molar-refractivity contribution is 5.96. The second kappa shape index (κ2) is 11.2. The van der Waals surface area contributed by atoms with E-state index in [1.54, 1.807) is 0 Å². The number of benzene rings is 6. The van der Waals surface area contributed by atoms with Gasteiger partial charge in [-0.05, 0) is 56.3 Å². The molecule has 0 aliphatic carbocycles. The molecule has 0 fully saturated rings. The van der Waals surface area contributed by atoms with Crippen LogP contribution < -0.4 is 0 Å². The van der Waals surface area contributed by atoms with Gasteiger partial charge >= 0.3 is 0 Å². The van der Waals surface area contributed by atoms with E-state index in [-0.39, 0.29) is 5.41 Å². The first-order chi connectivity index (χ1) is 21.1. The van der Waals surface area contributed by atoms with Crippen LogP contribution in [-0.4, -0.2) is 4.98 Å². The van der Waals surface area contributed by atoms with Gasteiger partial charge in [0.05, 0.1) is 11.4 Å². The third-order valence-corrected chi connectivity index (χ3v) is 8.61. The molecule has 7 rings (SSSR count). The van der Waals surface area contributed by atoms with Crippen LogP contribution in [0.5, 0.6) is 0 Å². The first-order valence-electron chi connectivity index (χ1n) is 14.9. The van der Waals surface area contributed by atoms with Gasteiger partial charge in [0.25, 0.3) is 0 Å². The van der Waals surface area contributed by atoms with E-state index < -0.39 is 0 Å². The molecule has 1 nitrogen and oxygen atoms in total. The number of rotatable bonds is 6. The number of pyridine rings is 1. The van der Waals surface area contributed by atoms with Crippen LogP contribution in [0.3, 0.4) is 0 Å². The zero-order valence-corrected chi connectivity index (χ0v) is 24.5. The summed E-state index contributed by atoms with van der Waals surface area (Å²) in [5.74, 6) is 0. The molecule has 0 aliphatic heterocycles. The van der Waals surface area contributed by atoms with Crippen molar-refractivity contribution in [1.82, 2.24) is 4.98 Å². The van der Waals surface area contributed by atoms with E-state index in [9.17, 15) is 0 Å². The standard InChI is InChI=1S/C42H33N/c1-42(2,36-24-20-32(21-25-36)39-19-11-17-31-14-9-10-18-38(31)39)37-26-22-34(23-27-37)41-29-35(30-12-5-3-6-13-30)28-40(43-41)33-15-7-4-8-16-33/h3-29H,1-2H3. The van der Waals surface area contributed by atoms with E-state index in [0.29, 0.717) is 0 Å². The Hall–Kier alpha value is -5.27. The van der Waals surface area contributed by atoms with Gasteiger partial charge < -0.3 is 0 Å². The summed E-state index contributed by atoms with van der Waals surface area (Å²) in [6.07, 6.45) is 0. The monoisotopic (exact) mass is 551 g/mol. The quantitative estimate of drug-likeness (QED) is 0.200. The molecule has 0 aliphatic rings. The van der Waals surface area contributed by atoms with Gasteiger partial charge in [-0.2, -0.15) is 0 Å². The molecule has 0 amide bonds. The summed E-state index contributed by atoms with van der Waals surface area (Å²) in [6.45, 7) is 4.60. The largest absolute Gasteiger partial charge is 0.248 e. The minimum absolute atomic E-state index is 0.148. The molecule has 0 saturated carbocycles. The van der Waals surface area contributed by atoms with Crippen molar-refractivity contribution in [3.8, 4) is 44.8 Å². The van der Waals surface area contributed by atoms with Gasteiger partial charge in [-0.1, -0.05) is 166 Å². The van der Waals surface area contributed by atoms with Crippen LogP contribution in [0.1, 0.15) is 25.0 Å². The Morgan fingerprint density at radius 2 is 0.884 bits per heavy atom. The molecule has 0 bridgehead atoms. The minimum atomic E-state index is -0.148. The van der Waals surface area contributed by atoms with Gasteiger partial charge in [0.15, 0.2) is 0 Å². The zero-order valence-electron chi connectivity index (χ0n) is 24.5. The number of aromatic nitrogens is 1. The van der Waals surface area contributed by atoms with Crippen LogP contribution in [-0.2, 0) is 5.41 Å². The number of hydrogen-bond acceptors (Lipinski definition) is 1. The number of nitrogens with zero attached hydrogens (tertiary/aromatic N) is 1. The van der Waals surface area contributed by atoms with Gasteiger partial charge in [0.2, 0.25) is 0 Å². The molecule has 6 aromatic carbocycles. The highest BCUT2D eigenvalue weighted by Crippen LogP contribution is 2.36. The highest BCUT2D eigenvalue weighted by atomic mass is 14.7. The smallest absolute Gasteiger partial charge is 0.0715 e. The molecule has 0 radical (unpaired) electrons. The summed E-state index contributed by atoms with van der Waals surface area (Å²) >= 11 is 0. The van der Waals surface area contributed by atoms with E-state index in [2.05, 4.69) is 172 Å². The van der Waals surface area contributed by atoms with Crippen LogP contribution in [0.4, 0.5) is 0 Å². The normalized spacial score (nSPS) is 11.5. The fraction of sp³-hybridized carbons (Fsp3) is 0.0714. The molecular formula is C42H33N. The van der Waals surface area contributed by atoms with Crippen molar-refractivity contribution in [2.75, 3.05) is 0 Å². The summed E-state index contributed by atoms with van der Waals surface area (Å²) in [5, 5.41) is 2.55. The maximum atomic E-state index is 5.11. The van der Waals surface area contributed by atoms with Crippen molar-refractivity contribution < 1.29 is 0 Å². The van der Waals surface area contributed by atoms with Gasteiger partial charge in [-0.3, -0.25) is 0 Å². The van der Waals surface area contributed by atoms with Crippen molar-refractivity contribution in [3.63, 3.8) is 0 Å². The molecule has 1 heteroatoms. The van der Waals surface area contributed by atoms with Crippen molar-refractivity contribution >= 4 is 10.8 Å². The Morgan fingerprint density at radius 1 is 0.395 bits per heavy atom. The van der Waals surface area contributed by atoms with E-state index in [1.807, 2.05) is 6.07 Å². The lowest BCUT2D eigenvalue weighted by molar-refractivity contribution is 0.641. The minimum Gasteiger partial charge on any atom is -0.248 e. The van der Waals surface area contributed by atoms with E-state index in [0.717, 1.165) is 22.5 Å². The lowest BCUT2D eigenvalue weighted by atomic mass is 9.77. The molecule has 206 valence electrons. The van der Waals surface area contributed by atoms with Gasteiger partial charge in [-0.15, -0.1) is 0 Å². The van der Waals surface area contributed by atoms with Crippen LogP contribution in [0, 0.1) is 0 Å². The molecule has 0 spiro atoms. The Labute approximate surface area is 254 Å². The summed E-state index contributed by atoms with van der Waals surface area (Å²) in [7, 11) is 0. The molecular weight excluding hydrogens is 518 g/mol. The summed E-state index contributed by atoms with van der Waals surface area (Å²) < 4.78 is 0. The summed E-state index contributed by atoms with van der Waals surface area (Å²) in [5.41, 5.74) is 11.5. The maximum absolute atomic E-state index is 5.11. The Morgan fingerprint density at radius 3 is 1.51 bits per heavy atom. The van der Waals surface area contributed by atoms with Gasteiger partial charge in [-0.25, -0.2) is 4.98 Å². The Bertz CT molecular complexity index is 1940. The van der Waals surface area contributed by atoms with Crippen molar-refractivity contribution in [1.29, 1.82) is 0 Å². The first-order valence-corrected chi connectivity index (χ1v) is 14.9. The van der Waals surface area contributed by atoms with Crippen LogP contribution in [0.15, 0.2) is 164 Å². The molecule has 0 saturated heterocycles. The second-order valence-electron chi connectivity index (χ2n) is 11.7. The summed E-state index contributed by atoms with van der Waals surface area (Å²) in [6, 6.07) is 58.5. The molecule has 43 heavy (non-hydrogen) atoms. The third kappa shape index (κ3) is 5.27. The average molecular weight is 552 g/mol. The maximum Gasteiger partial charge on any atom is 0.0715 e. The highest BCUT2D eigenvalue weighted by Gasteiger charge is 2.23. The lowest BCUT2D eigenvalue weighted by Gasteiger charge is -2.26. The Balaban J connectivity index is 1.21. The van der Waals surface area contributed by atoms with Crippen LogP contribution >= 0.6 is 0 Å². The van der Waals surface area contributed by atoms with E-state index in [4.69, 9.17) is 4.98 Å². The fourth-order valence-corrected chi connectivity index (χ4v) is 6.00. The SMILES string of the molecule is CC(C)(c1ccc(-c2cc(-c3ccccc3)cc(-c3ccccc3)n2)cc1)c1ccc(-c2cccc3ccccc23)cc1. The van der Waals surface area contributed by atoms with Gasteiger partial charge in [0, 0.05) is 16.5 Å². The van der Waals surface area contributed by atoms with Crippen molar-refractivity contribution in [2.45, 2.75) is 19.3 Å². The molecule has 1 aromatic heterocycles. The second-order valence-corrected chi connectivity index (χ2v) is 11.7. The predicted octanol–water partition coefficient (Wildman–Crippen LogP) is 11.2. The molecule has 1 heterocycles. The lowest BCUT2D eigenvalue weighted by Crippen LogP contribution is -2.18. The van der Waals surface area contributed by atoms with Crippen LogP contribution in [0.2, 0.25) is 0 Å². The van der Waals surface area contributed by atoms with Crippen molar-refractivity contribution in [3.05, 3.63) is 175 Å². The van der Waals surface area contributed by atoms with Crippen LogP contribution in [0.25, 0.3) is 55.5 Å². The van der Waals surface area contributed by atoms with E-state index >= 15 is 0 Å². The molecule has 0 unspecified atom stereocenters. The molecule has 7 aromatic rings. The molecule has 0 atom stereocenters. The number of hydrogen-bond donors (Lipinski definition) is 0. The fourth-order valence-electron chi connectivity index (χ4n) is 6.00. The zero-order chi connectivity index (χ0) is 29.2. The third-order valence-electron chi connectivity index (χ3n) is 8.61. The average Bonchev–Trinajstić information content (AvgIpc) is 3.09. The van der Waals surface area contributed by atoms with Crippen molar-refractivity contribution in [2.24, 2.45) is 0 Å². The van der Waals surface area contributed by atoms with Gasteiger partial charge in [0.1, 0.15) is 0 Å². The number of fused-ring (bicyclic) bond motifs is 1.